The number of benzene rings is 8. The van der Waals surface area contributed by atoms with Crippen molar-refractivity contribution >= 4 is 99.0 Å². The molecule has 0 N–H and O–H groups in total. The molecule has 0 aliphatic carbocycles. The van der Waals surface area contributed by atoms with E-state index in [-0.39, 0.29) is 66.9 Å². The summed E-state index contributed by atoms with van der Waals surface area (Å²) in [6.07, 6.45) is 10.2. The molecular weight excluding hydrogens is 1000 g/mol. The molecule has 436 valence electrons. The van der Waals surface area contributed by atoms with Crippen molar-refractivity contribution in [3.8, 4) is 0 Å². The van der Waals surface area contributed by atoms with Crippen LogP contribution in [-0.2, 0) is 0 Å². The van der Waals surface area contributed by atoms with E-state index in [4.69, 9.17) is 0 Å². The van der Waals surface area contributed by atoms with Crippen LogP contribution in [0.4, 0.5) is 0 Å². The minimum atomic E-state index is -0.209. The standard InChI is InChI=1S/C76H98N2O4/c1-21-73(17,71(13,14)43-75(19,23-3)69(7,8)9)41-45(5)37-39-77-65(79)55-33-29-51-47-25-27-49-53-31-35-57-64-58(36-32-54(62(53)64)50-28-26-48(59(47)60(49)50)52-30-34-56(66(77)80)63(55)61(51)52)68(82)78(67(57)81)40-38-46(6)42-74(18,22-2)72(15,16)44-76(20,24-4)70(10,11)12/h25-36,45-46H,21-24,37-44H2,1-20H3. The van der Waals surface area contributed by atoms with Crippen molar-refractivity contribution in [1.82, 2.24) is 9.80 Å². The van der Waals surface area contributed by atoms with Crippen molar-refractivity contribution in [3.05, 3.63) is 95.1 Å². The van der Waals surface area contributed by atoms with E-state index in [0.717, 1.165) is 140 Å². The molecule has 0 spiro atoms. The molecule has 0 saturated heterocycles. The third-order valence-electron chi connectivity index (χ3n) is 24.5. The van der Waals surface area contributed by atoms with Crippen molar-refractivity contribution in [3.63, 3.8) is 0 Å². The Bertz CT molecular complexity index is 3460. The van der Waals surface area contributed by atoms with Gasteiger partial charge in [-0.05, 0) is 183 Å². The Morgan fingerprint density at radius 2 is 0.549 bits per heavy atom. The monoisotopic (exact) mass is 1100 g/mol. The molecular formula is C76H98N2O4. The first kappa shape index (κ1) is 59.5. The van der Waals surface area contributed by atoms with E-state index in [9.17, 15) is 19.2 Å². The van der Waals surface area contributed by atoms with Gasteiger partial charge >= 0.3 is 0 Å². The number of imide groups is 2. The van der Waals surface area contributed by atoms with Gasteiger partial charge in [0.25, 0.3) is 23.6 Å². The lowest BCUT2D eigenvalue weighted by molar-refractivity contribution is -0.0324. The molecule has 4 amide bonds. The van der Waals surface area contributed by atoms with Crippen LogP contribution in [-0.4, -0.2) is 46.5 Å². The summed E-state index contributed by atoms with van der Waals surface area (Å²) in [6.45, 7) is 48.8. The van der Waals surface area contributed by atoms with E-state index in [1.54, 1.807) is 0 Å². The molecule has 6 nitrogen and oxygen atoms in total. The molecule has 82 heavy (non-hydrogen) atoms. The number of hydrogen-bond acceptors (Lipinski definition) is 4. The first-order valence-electron chi connectivity index (χ1n) is 31.7. The Balaban J connectivity index is 0.939. The smallest absolute Gasteiger partial charge is 0.261 e. The van der Waals surface area contributed by atoms with Gasteiger partial charge in [-0.1, -0.05) is 213 Å². The number of amides is 4. The normalized spacial score (nSPS) is 18.7. The number of nitrogens with zero attached hydrogens (tertiary/aromatic N) is 2. The van der Waals surface area contributed by atoms with E-state index >= 15 is 0 Å². The van der Waals surface area contributed by atoms with Crippen LogP contribution in [0, 0.1) is 55.2 Å². The third kappa shape index (κ3) is 8.88. The van der Waals surface area contributed by atoms with E-state index in [1.165, 1.54) is 9.80 Å². The molecule has 0 fully saturated rings. The van der Waals surface area contributed by atoms with Crippen molar-refractivity contribution in [2.45, 2.75) is 203 Å². The highest BCUT2D eigenvalue weighted by atomic mass is 16.2. The third-order valence-corrected chi connectivity index (χ3v) is 24.5. The molecule has 2 heterocycles. The molecule has 0 aromatic heterocycles. The van der Waals surface area contributed by atoms with Gasteiger partial charge in [0.1, 0.15) is 0 Å². The molecule has 0 bridgehead atoms. The summed E-state index contributed by atoms with van der Waals surface area (Å²) in [4.78, 5) is 61.9. The first-order chi connectivity index (χ1) is 38.2. The SMILES string of the molecule is CCC(C)(CC(C)(C)C(C)(CC)CC(C)CCN1C(=O)c2ccc3c4ccc5c6ccc7c8c(ccc(c9ccc(c%10ccc(c2c3%10)C1=O)c4c59)c86)C(=O)N(CCC(C)CC(C)(CC)C(C)(C)CC(C)(CC)C(C)(C)C)C7=O)C(C)(C)C. The van der Waals surface area contributed by atoms with Gasteiger partial charge in [-0.2, -0.15) is 0 Å². The molecule has 6 unspecified atom stereocenters. The average molecular weight is 1100 g/mol. The Hall–Kier alpha value is -5.62. The number of carbonyl (C=O) groups is 4. The first-order valence-corrected chi connectivity index (χ1v) is 31.7. The van der Waals surface area contributed by atoms with E-state index in [2.05, 4.69) is 187 Å². The highest BCUT2D eigenvalue weighted by Gasteiger charge is 2.50. The van der Waals surface area contributed by atoms with Crippen LogP contribution in [0.5, 0.6) is 0 Å². The van der Waals surface area contributed by atoms with Gasteiger partial charge in [0.2, 0.25) is 0 Å². The highest BCUT2D eigenvalue weighted by molar-refractivity contribution is 6.45. The Morgan fingerprint density at radius 1 is 0.329 bits per heavy atom. The maximum absolute atomic E-state index is 14.7. The zero-order chi connectivity index (χ0) is 60.0. The second-order valence-electron chi connectivity index (χ2n) is 31.2. The van der Waals surface area contributed by atoms with Gasteiger partial charge in [-0.15, -0.1) is 0 Å². The van der Waals surface area contributed by atoms with Crippen LogP contribution in [0.1, 0.15) is 244 Å². The molecule has 0 saturated carbocycles. The zero-order valence-electron chi connectivity index (χ0n) is 54.1. The fourth-order valence-corrected chi connectivity index (χ4v) is 16.6. The van der Waals surface area contributed by atoms with Gasteiger partial charge < -0.3 is 0 Å². The number of carbonyl (C=O) groups excluding carboxylic acids is 4. The summed E-state index contributed by atoms with van der Waals surface area (Å²) < 4.78 is 0. The summed E-state index contributed by atoms with van der Waals surface area (Å²) in [6, 6.07) is 25.1. The van der Waals surface area contributed by atoms with Gasteiger partial charge in [-0.3, -0.25) is 29.0 Å². The quantitative estimate of drug-likeness (QED) is 0.0433. The molecule has 8 aromatic carbocycles. The van der Waals surface area contributed by atoms with E-state index in [0.29, 0.717) is 47.2 Å². The van der Waals surface area contributed by atoms with Crippen molar-refractivity contribution in [2.24, 2.45) is 55.2 Å². The molecule has 2 aliphatic rings. The van der Waals surface area contributed by atoms with E-state index < -0.39 is 0 Å². The second-order valence-corrected chi connectivity index (χ2v) is 31.2. The van der Waals surface area contributed by atoms with E-state index in [1.807, 2.05) is 24.3 Å². The topological polar surface area (TPSA) is 74.8 Å². The van der Waals surface area contributed by atoms with Crippen molar-refractivity contribution in [1.29, 1.82) is 0 Å². The average Bonchev–Trinajstić information content (AvgIpc) is 1.46. The summed E-state index contributed by atoms with van der Waals surface area (Å²) in [5.41, 5.74) is 3.48. The van der Waals surface area contributed by atoms with Crippen molar-refractivity contribution in [2.75, 3.05) is 13.1 Å². The van der Waals surface area contributed by atoms with Crippen LogP contribution in [0.15, 0.2) is 72.8 Å². The lowest BCUT2D eigenvalue weighted by Gasteiger charge is -2.53. The van der Waals surface area contributed by atoms with Crippen LogP contribution in [0.25, 0.3) is 75.4 Å². The maximum atomic E-state index is 14.7. The Kier molecular flexibility index (Phi) is 14.5. The van der Waals surface area contributed by atoms with Crippen LogP contribution < -0.4 is 0 Å². The van der Waals surface area contributed by atoms with Crippen LogP contribution in [0.2, 0.25) is 0 Å². The number of rotatable bonds is 20. The zero-order valence-corrected chi connectivity index (χ0v) is 54.1. The summed E-state index contributed by atoms with van der Waals surface area (Å²) >= 11 is 0. The van der Waals surface area contributed by atoms with Crippen LogP contribution >= 0.6 is 0 Å². The molecule has 6 atom stereocenters. The maximum Gasteiger partial charge on any atom is 0.261 e. The highest BCUT2D eigenvalue weighted by Crippen LogP contribution is 2.59. The number of hydrogen-bond donors (Lipinski definition) is 0. The molecule has 0 radical (unpaired) electrons. The molecule has 10 rings (SSSR count). The minimum Gasteiger partial charge on any atom is -0.274 e. The predicted molar refractivity (Wildman–Crippen MR) is 348 cm³/mol. The van der Waals surface area contributed by atoms with Gasteiger partial charge in [0.15, 0.2) is 0 Å². The number of fused-ring (bicyclic) bond motifs is 4. The van der Waals surface area contributed by atoms with Crippen LogP contribution in [0.3, 0.4) is 0 Å². The van der Waals surface area contributed by atoms with Gasteiger partial charge in [0, 0.05) is 46.1 Å². The molecule has 8 aromatic rings. The predicted octanol–water partition coefficient (Wildman–Crippen LogP) is 21.2. The fraction of sp³-hybridized carbons (Fsp3) is 0.553. The molecule has 2 aliphatic heterocycles. The Morgan fingerprint density at radius 3 is 0.768 bits per heavy atom. The second kappa shape index (κ2) is 20.0. The molecule has 6 heteroatoms. The minimum absolute atomic E-state index is 0.0843. The summed E-state index contributed by atoms with van der Waals surface area (Å²) in [7, 11) is 0. The Labute approximate surface area is 491 Å². The largest absolute Gasteiger partial charge is 0.274 e. The van der Waals surface area contributed by atoms with Gasteiger partial charge in [0.05, 0.1) is 0 Å². The van der Waals surface area contributed by atoms with Gasteiger partial charge in [-0.25, -0.2) is 0 Å². The lowest BCUT2D eigenvalue weighted by Crippen LogP contribution is -2.44. The fourth-order valence-electron chi connectivity index (χ4n) is 16.6. The lowest BCUT2D eigenvalue weighted by atomic mass is 9.52. The summed E-state index contributed by atoms with van der Waals surface area (Å²) in [5.74, 6) is -0.209. The van der Waals surface area contributed by atoms with Crippen molar-refractivity contribution < 1.29 is 19.2 Å². The summed E-state index contributed by atoms with van der Waals surface area (Å²) in [5, 5.41) is 14.1.